The normalized spacial score (nSPS) is 26.8. The molecule has 0 spiro atoms. The van der Waals surface area contributed by atoms with Gasteiger partial charge in [0, 0.05) is 13.7 Å². The zero-order valence-electron chi connectivity index (χ0n) is 11.9. The van der Waals surface area contributed by atoms with Crippen molar-refractivity contribution in [3.05, 3.63) is 0 Å². The fourth-order valence-corrected chi connectivity index (χ4v) is 4.92. The van der Waals surface area contributed by atoms with E-state index in [4.69, 9.17) is 4.74 Å². The number of carboxylic acids is 1. The van der Waals surface area contributed by atoms with Crippen molar-refractivity contribution in [3.63, 3.8) is 0 Å². The lowest BCUT2D eigenvalue weighted by atomic mass is 9.98. The van der Waals surface area contributed by atoms with Crippen LogP contribution in [0.3, 0.4) is 0 Å². The highest BCUT2D eigenvalue weighted by atomic mass is 32.2. The van der Waals surface area contributed by atoms with E-state index in [0.717, 1.165) is 36.4 Å². The fraction of sp³-hybridized carbons (Fsp3) is 0.923. The van der Waals surface area contributed by atoms with Gasteiger partial charge < -0.3 is 9.84 Å². The Kier molecular flexibility index (Phi) is 4.71. The summed E-state index contributed by atoms with van der Waals surface area (Å²) in [6.45, 7) is 0.591. The summed E-state index contributed by atoms with van der Waals surface area (Å²) in [6.07, 6.45) is 4.65. The second kappa shape index (κ2) is 5.99. The molecule has 0 aromatic rings. The van der Waals surface area contributed by atoms with Crippen LogP contribution in [-0.4, -0.2) is 54.8 Å². The average Bonchev–Trinajstić information content (AvgIpc) is 2.89. The first-order valence-corrected chi connectivity index (χ1v) is 8.81. The number of aliphatic carboxylic acids is 1. The van der Waals surface area contributed by atoms with E-state index in [2.05, 4.69) is 0 Å². The molecule has 0 radical (unpaired) electrons. The molecule has 6 nitrogen and oxygen atoms in total. The quantitative estimate of drug-likeness (QED) is 0.825. The van der Waals surface area contributed by atoms with Crippen molar-refractivity contribution in [2.45, 2.75) is 56.6 Å². The second-order valence-corrected chi connectivity index (χ2v) is 7.82. The molecule has 1 unspecified atom stereocenters. The average molecular weight is 305 g/mol. The maximum absolute atomic E-state index is 12.5. The lowest BCUT2D eigenvalue weighted by molar-refractivity contribution is -0.147. The van der Waals surface area contributed by atoms with Gasteiger partial charge in [-0.05, 0) is 32.1 Å². The number of likely N-dealkylation sites (N-methyl/N-ethyl adjacent to an activating group) is 1. The highest BCUT2D eigenvalue weighted by Gasteiger charge is 2.49. The van der Waals surface area contributed by atoms with E-state index in [1.165, 1.54) is 7.05 Å². The summed E-state index contributed by atoms with van der Waals surface area (Å²) in [5, 5.41) is 9.47. The summed E-state index contributed by atoms with van der Waals surface area (Å²) in [6, 6.07) is 0. The van der Waals surface area contributed by atoms with E-state index in [9.17, 15) is 18.3 Å². The third-order valence-electron chi connectivity index (χ3n) is 4.52. The number of hydrogen-bond donors (Lipinski definition) is 1. The molecule has 0 aromatic heterocycles. The van der Waals surface area contributed by atoms with Crippen LogP contribution in [0.5, 0.6) is 0 Å². The van der Waals surface area contributed by atoms with Crippen LogP contribution in [0.1, 0.15) is 44.9 Å². The predicted octanol–water partition coefficient (Wildman–Crippen LogP) is 1.21. The second-order valence-electron chi connectivity index (χ2n) is 5.78. The van der Waals surface area contributed by atoms with Crippen molar-refractivity contribution in [1.29, 1.82) is 0 Å². The molecule has 7 heteroatoms. The molecule has 1 atom stereocenters. The largest absolute Gasteiger partial charge is 0.480 e. The number of carbonyl (C=O) groups is 1. The monoisotopic (exact) mass is 305 g/mol. The van der Waals surface area contributed by atoms with Crippen LogP contribution in [0.15, 0.2) is 0 Å². The van der Waals surface area contributed by atoms with E-state index in [1.807, 2.05) is 0 Å². The van der Waals surface area contributed by atoms with Crippen LogP contribution in [0.25, 0.3) is 0 Å². The first-order chi connectivity index (χ1) is 9.38. The van der Waals surface area contributed by atoms with Crippen LogP contribution in [0.4, 0.5) is 0 Å². The SMILES string of the molecule is CN(C1(C(=O)O)CCCC1)S(=O)(=O)CC1CCCCO1. The van der Waals surface area contributed by atoms with Gasteiger partial charge in [0.05, 0.1) is 11.9 Å². The Hall–Kier alpha value is -0.660. The van der Waals surface area contributed by atoms with E-state index >= 15 is 0 Å². The number of nitrogens with zero attached hydrogens (tertiary/aromatic N) is 1. The molecular weight excluding hydrogens is 282 g/mol. The van der Waals surface area contributed by atoms with E-state index in [-0.39, 0.29) is 11.9 Å². The van der Waals surface area contributed by atoms with Gasteiger partial charge in [-0.25, -0.2) is 8.42 Å². The third kappa shape index (κ3) is 2.99. The van der Waals surface area contributed by atoms with Crippen molar-refractivity contribution in [2.75, 3.05) is 19.4 Å². The molecule has 116 valence electrons. The number of rotatable bonds is 5. The van der Waals surface area contributed by atoms with E-state index in [1.54, 1.807) is 0 Å². The summed E-state index contributed by atoms with van der Waals surface area (Å²) < 4.78 is 31.5. The molecule has 0 amide bonds. The van der Waals surface area contributed by atoms with Gasteiger partial charge in [0.25, 0.3) is 0 Å². The lowest BCUT2D eigenvalue weighted by Gasteiger charge is -2.35. The number of sulfonamides is 1. The highest BCUT2D eigenvalue weighted by molar-refractivity contribution is 7.89. The Morgan fingerprint density at radius 3 is 2.45 bits per heavy atom. The molecule has 1 saturated heterocycles. The van der Waals surface area contributed by atoms with Gasteiger partial charge in [0.1, 0.15) is 5.54 Å². The fourth-order valence-electron chi connectivity index (χ4n) is 3.18. The molecule has 0 aromatic carbocycles. The minimum Gasteiger partial charge on any atom is -0.480 e. The number of hydrogen-bond acceptors (Lipinski definition) is 4. The van der Waals surface area contributed by atoms with Gasteiger partial charge in [-0.15, -0.1) is 0 Å². The smallest absolute Gasteiger partial charge is 0.325 e. The van der Waals surface area contributed by atoms with Gasteiger partial charge in [-0.1, -0.05) is 12.8 Å². The zero-order valence-corrected chi connectivity index (χ0v) is 12.7. The molecule has 2 rings (SSSR count). The Morgan fingerprint density at radius 2 is 1.95 bits per heavy atom. The maximum atomic E-state index is 12.5. The molecule has 1 heterocycles. The number of ether oxygens (including phenoxy) is 1. The van der Waals surface area contributed by atoms with Gasteiger partial charge in [0.15, 0.2) is 0 Å². The summed E-state index contributed by atoms with van der Waals surface area (Å²) >= 11 is 0. The molecule has 2 fully saturated rings. The van der Waals surface area contributed by atoms with Crippen molar-refractivity contribution in [2.24, 2.45) is 0 Å². The summed E-state index contributed by atoms with van der Waals surface area (Å²) in [4.78, 5) is 11.6. The molecule has 1 saturated carbocycles. The summed E-state index contributed by atoms with van der Waals surface area (Å²) in [5.41, 5.74) is -1.26. The van der Waals surface area contributed by atoms with Crippen LogP contribution in [0.2, 0.25) is 0 Å². The number of carboxylic acid groups (broad SMARTS) is 1. The predicted molar refractivity (Wildman–Crippen MR) is 74.0 cm³/mol. The van der Waals surface area contributed by atoms with Crippen molar-refractivity contribution in [3.8, 4) is 0 Å². The molecule has 1 aliphatic carbocycles. The summed E-state index contributed by atoms with van der Waals surface area (Å²) in [5.74, 6) is -1.15. The van der Waals surface area contributed by atoms with Crippen LogP contribution < -0.4 is 0 Å². The van der Waals surface area contributed by atoms with Gasteiger partial charge >= 0.3 is 5.97 Å². The molecule has 1 aliphatic heterocycles. The minimum atomic E-state index is -3.62. The van der Waals surface area contributed by atoms with Crippen LogP contribution in [0, 0.1) is 0 Å². The van der Waals surface area contributed by atoms with E-state index < -0.39 is 21.5 Å². The van der Waals surface area contributed by atoms with Crippen LogP contribution in [-0.2, 0) is 19.6 Å². The molecule has 1 N–H and O–H groups in total. The molecule has 0 bridgehead atoms. The Morgan fingerprint density at radius 1 is 1.30 bits per heavy atom. The minimum absolute atomic E-state index is 0.113. The Bertz CT molecular complexity index is 449. The van der Waals surface area contributed by atoms with Gasteiger partial charge in [-0.2, -0.15) is 4.31 Å². The van der Waals surface area contributed by atoms with Crippen molar-refractivity contribution >= 4 is 16.0 Å². The standard InChI is InChI=1S/C13H23NO5S/c1-14(13(12(15)16)7-3-4-8-13)20(17,18)10-11-6-2-5-9-19-11/h11H,2-10H2,1H3,(H,15,16). The van der Waals surface area contributed by atoms with Gasteiger partial charge in [-0.3, -0.25) is 4.79 Å². The maximum Gasteiger partial charge on any atom is 0.325 e. The molecular formula is C13H23NO5S. The Balaban J connectivity index is 2.12. The van der Waals surface area contributed by atoms with Gasteiger partial charge in [0.2, 0.25) is 10.0 Å². The Labute approximate surface area is 120 Å². The zero-order chi connectivity index (χ0) is 14.8. The van der Waals surface area contributed by atoms with E-state index in [0.29, 0.717) is 19.4 Å². The lowest BCUT2D eigenvalue weighted by Crippen LogP contribution is -2.54. The first-order valence-electron chi connectivity index (χ1n) is 7.20. The molecule has 20 heavy (non-hydrogen) atoms. The van der Waals surface area contributed by atoms with Crippen molar-refractivity contribution < 1.29 is 23.1 Å². The highest BCUT2D eigenvalue weighted by Crippen LogP contribution is 2.36. The molecule has 2 aliphatic rings. The van der Waals surface area contributed by atoms with Crippen molar-refractivity contribution in [1.82, 2.24) is 4.31 Å². The first kappa shape index (κ1) is 15.7. The summed E-state index contributed by atoms with van der Waals surface area (Å²) in [7, 11) is -2.22. The van der Waals surface area contributed by atoms with Crippen LogP contribution >= 0.6 is 0 Å². The third-order valence-corrected chi connectivity index (χ3v) is 6.50. The topological polar surface area (TPSA) is 83.9 Å².